The molecule has 1 heterocycles. The molecule has 0 spiro atoms. The van der Waals surface area contributed by atoms with Crippen molar-refractivity contribution in [3.63, 3.8) is 0 Å². The van der Waals surface area contributed by atoms with Crippen molar-refractivity contribution in [1.82, 2.24) is 10.2 Å². The van der Waals surface area contributed by atoms with E-state index in [1.807, 2.05) is 16.7 Å². The summed E-state index contributed by atoms with van der Waals surface area (Å²) in [6, 6.07) is 0.0172. The predicted octanol–water partition coefficient (Wildman–Crippen LogP) is 1.39. The lowest BCUT2D eigenvalue weighted by Gasteiger charge is -2.26. The van der Waals surface area contributed by atoms with E-state index in [0.717, 1.165) is 37.4 Å². The van der Waals surface area contributed by atoms with Crippen LogP contribution in [0.1, 0.15) is 25.7 Å². The predicted molar refractivity (Wildman–Crippen MR) is 68.4 cm³/mol. The SMILES string of the molecule is O=C(O)CCCCCNC(=O)N1CCSCC1. The molecule has 0 atom stereocenters. The monoisotopic (exact) mass is 260 g/mol. The van der Waals surface area contributed by atoms with E-state index in [4.69, 9.17) is 5.11 Å². The number of nitrogens with zero attached hydrogens (tertiary/aromatic N) is 1. The fourth-order valence-electron chi connectivity index (χ4n) is 1.65. The van der Waals surface area contributed by atoms with Crippen LogP contribution in [0.15, 0.2) is 0 Å². The minimum atomic E-state index is -0.750. The Balaban J connectivity index is 1.98. The summed E-state index contributed by atoms with van der Waals surface area (Å²) >= 11 is 1.88. The number of carbonyl (C=O) groups excluding carboxylic acids is 1. The van der Waals surface area contributed by atoms with E-state index >= 15 is 0 Å². The van der Waals surface area contributed by atoms with Crippen molar-refractivity contribution in [3.05, 3.63) is 0 Å². The smallest absolute Gasteiger partial charge is 0.317 e. The highest BCUT2D eigenvalue weighted by Crippen LogP contribution is 2.08. The van der Waals surface area contributed by atoms with E-state index in [1.165, 1.54) is 0 Å². The summed E-state index contributed by atoms with van der Waals surface area (Å²) < 4.78 is 0. The number of carbonyl (C=O) groups is 2. The van der Waals surface area contributed by atoms with E-state index < -0.39 is 5.97 Å². The molecule has 0 aromatic carbocycles. The Morgan fingerprint density at radius 1 is 1.18 bits per heavy atom. The van der Waals surface area contributed by atoms with Crippen LogP contribution in [0, 0.1) is 0 Å². The lowest BCUT2D eigenvalue weighted by atomic mass is 10.2. The third-order valence-electron chi connectivity index (χ3n) is 2.64. The number of nitrogens with one attached hydrogen (secondary N) is 1. The number of carboxylic acids is 1. The Kier molecular flexibility index (Phi) is 6.84. The highest BCUT2D eigenvalue weighted by atomic mass is 32.2. The first-order valence-electron chi connectivity index (χ1n) is 6.02. The number of hydrogen-bond acceptors (Lipinski definition) is 3. The number of hydrogen-bond donors (Lipinski definition) is 2. The second-order valence-electron chi connectivity index (χ2n) is 4.04. The highest BCUT2D eigenvalue weighted by molar-refractivity contribution is 7.99. The van der Waals surface area contributed by atoms with Crippen LogP contribution in [0.5, 0.6) is 0 Å². The zero-order valence-corrected chi connectivity index (χ0v) is 10.8. The molecule has 2 N–H and O–H groups in total. The third kappa shape index (κ3) is 6.41. The van der Waals surface area contributed by atoms with Gasteiger partial charge in [-0.15, -0.1) is 0 Å². The van der Waals surface area contributed by atoms with Crippen LogP contribution >= 0.6 is 11.8 Å². The number of carboxylic acid groups (broad SMARTS) is 1. The summed E-state index contributed by atoms with van der Waals surface area (Å²) in [6.07, 6.45) is 2.60. The number of amides is 2. The molecule has 0 aromatic heterocycles. The maximum atomic E-state index is 11.7. The summed E-state index contributed by atoms with van der Waals surface area (Å²) in [4.78, 5) is 23.8. The first-order chi connectivity index (χ1) is 8.20. The fraction of sp³-hybridized carbons (Fsp3) is 0.818. The largest absolute Gasteiger partial charge is 0.481 e. The first kappa shape index (κ1) is 14.2. The van der Waals surface area contributed by atoms with Crippen molar-refractivity contribution < 1.29 is 14.7 Å². The number of urea groups is 1. The van der Waals surface area contributed by atoms with Gasteiger partial charge in [-0.05, 0) is 12.8 Å². The molecule has 0 aliphatic carbocycles. The van der Waals surface area contributed by atoms with E-state index in [0.29, 0.717) is 13.0 Å². The van der Waals surface area contributed by atoms with E-state index in [9.17, 15) is 9.59 Å². The van der Waals surface area contributed by atoms with E-state index in [2.05, 4.69) is 5.32 Å². The summed E-state index contributed by atoms with van der Waals surface area (Å²) in [7, 11) is 0. The maximum absolute atomic E-state index is 11.7. The highest BCUT2D eigenvalue weighted by Gasteiger charge is 2.15. The van der Waals surface area contributed by atoms with Gasteiger partial charge in [-0.1, -0.05) is 6.42 Å². The third-order valence-corrected chi connectivity index (χ3v) is 3.58. The van der Waals surface area contributed by atoms with Crippen LogP contribution in [-0.4, -0.2) is 53.1 Å². The average Bonchev–Trinajstić information content (AvgIpc) is 2.34. The summed E-state index contributed by atoms with van der Waals surface area (Å²) in [5.74, 6) is 1.29. The minimum absolute atomic E-state index is 0.0172. The molecule has 1 aliphatic heterocycles. The van der Waals surface area contributed by atoms with Crippen LogP contribution in [-0.2, 0) is 4.79 Å². The number of rotatable bonds is 6. The van der Waals surface area contributed by atoms with E-state index in [1.54, 1.807) is 0 Å². The van der Waals surface area contributed by atoms with Crippen LogP contribution in [0.2, 0.25) is 0 Å². The Morgan fingerprint density at radius 3 is 2.53 bits per heavy atom. The quantitative estimate of drug-likeness (QED) is 0.708. The van der Waals surface area contributed by atoms with Crippen LogP contribution < -0.4 is 5.32 Å². The molecule has 5 nitrogen and oxygen atoms in total. The normalized spacial score (nSPS) is 15.6. The maximum Gasteiger partial charge on any atom is 0.317 e. The molecule has 6 heteroatoms. The molecular formula is C11H20N2O3S. The molecule has 1 saturated heterocycles. The van der Waals surface area contributed by atoms with Crippen molar-refractivity contribution in [2.24, 2.45) is 0 Å². The molecule has 1 aliphatic rings. The van der Waals surface area contributed by atoms with Gasteiger partial charge in [0.2, 0.25) is 0 Å². The lowest BCUT2D eigenvalue weighted by Crippen LogP contribution is -2.44. The number of aliphatic carboxylic acids is 1. The van der Waals surface area contributed by atoms with Crippen molar-refractivity contribution in [2.75, 3.05) is 31.1 Å². The average molecular weight is 260 g/mol. The summed E-state index contributed by atoms with van der Waals surface area (Å²) in [6.45, 7) is 2.30. The minimum Gasteiger partial charge on any atom is -0.481 e. The zero-order chi connectivity index (χ0) is 12.5. The van der Waals surface area contributed by atoms with Gasteiger partial charge in [-0.25, -0.2) is 4.79 Å². The molecule has 98 valence electrons. The Labute approximate surface area is 106 Å². The molecule has 0 unspecified atom stereocenters. The summed E-state index contributed by atoms with van der Waals surface area (Å²) in [5.41, 5.74) is 0. The molecule has 0 saturated carbocycles. The van der Waals surface area contributed by atoms with Gasteiger partial charge in [0.05, 0.1) is 0 Å². The van der Waals surface area contributed by atoms with Gasteiger partial charge in [0.1, 0.15) is 0 Å². The molecular weight excluding hydrogens is 240 g/mol. The second-order valence-corrected chi connectivity index (χ2v) is 5.26. The van der Waals surface area contributed by atoms with Gasteiger partial charge in [-0.3, -0.25) is 4.79 Å². The van der Waals surface area contributed by atoms with Crippen molar-refractivity contribution in [2.45, 2.75) is 25.7 Å². The van der Waals surface area contributed by atoms with Crippen LogP contribution in [0.4, 0.5) is 4.79 Å². The molecule has 1 fully saturated rings. The van der Waals surface area contributed by atoms with Gasteiger partial charge in [0.25, 0.3) is 0 Å². The molecule has 0 bridgehead atoms. The fourth-order valence-corrected chi connectivity index (χ4v) is 2.55. The summed E-state index contributed by atoms with van der Waals surface area (Å²) in [5, 5.41) is 11.3. The topological polar surface area (TPSA) is 69.6 Å². The first-order valence-corrected chi connectivity index (χ1v) is 7.18. The van der Waals surface area contributed by atoms with Crippen molar-refractivity contribution in [3.8, 4) is 0 Å². The Morgan fingerprint density at radius 2 is 1.88 bits per heavy atom. The zero-order valence-electron chi connectivity index (χ0n) is 9.98. The lowest BCUT2D eigenvalue weighted by molar-refractivity contribution is -0.137. The Hall–Kier alpha value is -0.910. The molecule has 2 amide bonds. The standard InChI is InChI=1S/C11H20N2O3S/c14-10(15)4-2-1-3-5-12-11(16)13-6-8-17-9-7-13/h1-9H2,(H,12,16)(H,14,15). The molecule has 17 heavy (non-hydrogen) atoms. The van der Waals surface area contributed by atoms with Gasteiger partial charge in [-0.2, -0.15) is 11.8 Å². The number of thioether (sulfide) groups is 1. The van der Waals surface area contributed by atoms with Gasteiger partial charge < -0.3 is 15.3 Å². The number of unbranched alkanes of at least 4 members (excludes halogenated alkanes) is 2. The second kappa shape index (κ2) is 8.22. The molecule has 0 radical (unpaired) electrons. The van der Waals surface area contributed by atoms with Gasteiger partial charge in [0.15, 0.2) is 0 Å². The van der Waals surface area contributed by atoms with Crippen LogP contribution in [0.3, 0.4) is 0 Å². The van der Waals surface area contributed by atoms with Gasteiger partial charge >= 0.3 is 12.0 Å². The van der Waals surface area contributed by atoms with Crippen molar-refractivity contribution in [1.29, 1.82) is 0 Å². The Bertz CT molecular complexity index is 255. The van der Waals surface area contributed by atoms with Crippen LogP contribution in [0.25, 0.3) is 0 Å². The van der Waals surface area contributed by atoms with Gasteiger partial charge in [0, 0.05) is 37.6 Å². The van der Waals surface area contributed by atoms with E-state index in [-0.39, 0.29) is 12.5 Å². The molecule has 1 rings (SSSR count). The molecule has 0 aromatic rings. The van der Waals surface area contributed by atoms with Crippen molar-refractivity contribution >= 4 is 23.8 Å².